The zero-order chi connectivity index (χ0) is 28.8. The molecule has 2 aromatic heterocycles. The molecule has 0 atom stereocenters. The molecule has 2 aliphatic heterocycles. The van der Waals surface area contributed by atoms with Gasteiger partial charge in [-0.2, -0.15) is 0 Å². The molecule has 5 aromatic rings. The van der Waals surface area contributed by atoms with Gasteiger partial charge in [-0.25, -0.2) is 0 Å². The van der Waals surface area contributed by atoms with E-state index in [-0.39, 0.29) is 11.3 Å². The Morgan fingerprint density at radius 1 is 0.952 bits per heavy atom. The maximum atomic E-state index is 13.3. The number of aromatic nitrogens is 1. The van der Waals surface area contributed by atoms with Gasteiger partial charge >= 0.3 is 0 Å². The average molecular weight is 579 g/mol. The minimum atomic E-state index is -0.411. The molecule has 42 heavy (non-hydrogen) atoms. The first-order chi connectivity index (χ1) is 20.5. The lowest BCUT2D eigenvalue weighted by atomic mass is 10.1. The van der Waals surface area contributed by atoms with Gasteiger partial charge in [0.25, 0.3) is 16.8 Å². The van der Waals surface area contributed by atoms with Gasteiger partial charge in [-0.05, 0) is 66.4 Å². The van der Waals surface area contributed by atoms with E-state index in [9.17, 15) is 14.4 Å². The maximum absolute atomic E-state index is 13.3. The topological polar surface area (TPSA) is 97.9 Å². The van der Waals surface area contributed by atoms with Gasteiger partial charge in [0, 0.05) is 62.2 Å². The molecule has 10 heteroatoms. The fourth-order valence-corrected chi connectivity index (χ4v) is 6.73. The number of fused-ring (bicyclic) bond motifs is 2. The number of hydrogen-bond acceptors (Lipinski definition) is 9. The Hall–Kier alpha value is -4.54. The standard InChI is InChI=1S/C32H30N6O3S/c1-36-13-15-37(16-14-36)27-28(30(40)29(27)39)38-12-9-20-18-22(6-7-26(20)38)35-32(41)31-25(10-17-42-31)34-19-21-8-11-33-24-5-3-2-4-23(21)24/h2-8,10-11,17-18,34H,9,12-16,19H2,1H3,(H,35,41). The summed E-state index contributed by atoms with van der Waals surface area (Å²) in [5, 5.41) is 9.47. The molecule has 212 valence electrons. The van der Waals surface area contributed by atoms with Gasteiger partial charge in [-0.1, -0.05) is 18.2 Å². The second-order valence-corrected chi connectivity index (χ2v) is 11.8. The van der Waals surface area contributed by atoms with Crippen LogP contribution in [0, 0.1) is 0 Å². The lowest BCUT2D eigenvalue weighted by molar-refractivity contribution is 0.103. The molecule has 0 spiro atoms. The van der Waals surface area contributed by atoms with Gasteiger partial charge in [-0.3, -0.25) is 19.4 Å². The summed E-state index contributed by atoms with van der Waals surface area (Å²) in [7, 11) is 2.06. The number of rotatable bonds is 7. The highest BCUT2D eigenvalue weighted by atomic mass is 32.1. The lowest BCUT2D eigenvalue weighted by Gasteiger charge is -2.36. The number of para-hydroxylation sites is 1. The van der Waals surface area contributed by atoms with Crippen molar-refractivity contribution < 1.29 is 4.79 Å². The minimum absolute atomic E-state index is 0.179. The van der Waals surface area contributed by atoms with Crippen molar-refractivity contribution in [3.63, 3.8) is 0 Å². The van der Waals surface area contributed by atoms with Crippen LogP contribution in [0.5, 0.6) is 0 Å². The van der Waals surface area contributed by atoms with E-state index in [1.54, 1.807) is 6.20 Å². The van der Waals surface area contributed by atoms with Crippen LogP contribution in [0.15, 0.2) is 75.8 Å². The molecule has 9 nitrogen and oxygen atoms in total. The highest BCUT2D eigenvalue weighted by Crippen LogP contribution is 2.39. The third-order valence-corrected chi connectivity index (χ3v) is 9.18. The van der Waals surface area contributed by atoms with Crippen LogP contribution in [0.1, 0.15) is 20.8 Å². The quantitative estimate of drug-likeness (QED) is 0.278. The average Bonchev–Trinajstić information content (AvgIpc) is 3.66. The van der Waals surface area contributed by atoms with E-state index in [1.165, 1.54) is 11.3 Å². The van der Waals surface area contributed by atoms with E-state index in [4.69, 9.17) is 0 Å². The van der Waals surface area contributed by atoms with Crippen molar-refractivity contribution in [2.24, 2.45) is 0 Å². The van der Waals surface area contributed by atoms with Crippen LogP contribution in [0.2, 0.25) is 0 Å². The molecule has 0 saturated carbocycles. The SMILES string of the molecule is CN1CCN(c2c(N3CCc4cc(NC(=O)c5sccc5NCc5ccnc6ccccc56)ccc43)c(=O)c2=O)CC1. The number of benzene rings is 2. The summed E-state index contributed by atoms with van der Waals surface area (Å²) in [6.45, 7) is 4.39. The first kappa shape index (κ1) is 26.4. The molecule has 1 fully saturated rings. The monoisotopic (exact) mass is 578 g/mol. The Bertz CT molecular complexity index is 1880. The number of hydrogen-bond donors (Lipinski definition) is 2. The van der Waals surface area contributed by atoms with E-state index in [2.05, 4.69) is 38.5 Å². The Labute approximate surface area is 246 Å². The fourth-order valence-electron chi connectivity index (χ4n) is 5.97. The van der Waals surface area contributed by atoms with Crippen molar-refractivity contribution in [1.29, 1.82) is 0 Å². The lowest BCUT2D eigenvalue weighted by Crippen LogP contribution is -2.51. The van der Waals surface area contributed by atoms with Gasteiger partial charge in [0.1, 0.15) is 16.3 Å². The fraction of sp³-hybridized carbons (Fsp3) is 0.250. The van der Waals surface area contributed by atoms with Crippen LogP contribution < -0.4 is 31.3 Å². The van der Waals surface area contributed by atoms with Gasteiger partial charge < -0.3 is 25.3 Å². The van der Waals surface area contributed by atoms with Gasteiger partial charge in [0.2, 0.25) is 0 Å². The van der Waals surface area contributed by atoms with Crippen LogP contribution in [0.4, 0.5) is 28.4 Å². The number of piperazine rings is 1. The molecule has 2 aliphatic rings. The highest BCUT2D eigenvalue weighted by molar-refractivity contribution is 7.12. The molecule has 0 radical (unpaired) electrons. The van der Waals surface area contributed by atoms with Crippen LogP contribution in [-0.4, -0.2) is 55.6 Å². The molecule has 0 bridgehead atoms. The van der Waals surface area contributed by atoms with Gasteiger partial charge in [0.15, 0.2) is 0 Å². The second-order valence-electron chi connectivity index (χ2n) is 10.8. The van der Waals surface area contributed by atoms with Crippen molar-refractivity contribution in [2.45, 2.75) is 13.0 Å². The maximum Gasteiger partial charge on any atom is 0.267 e. The summed E-state index contributed by atoms with van der Waals surface area (Å²) in [4.78, 5) is 49.9. The summed E-state index contributed by atoms with van der Waals surface area (Å²) < 4.78 is 0. The number of carbonyl (C=O) groups excluding carboxylic acids is 1. The number of nitrogens with zero attached hydrogens (tertiary/aromatic N) is 4. The van der Waals surface area contributed by atoms with E-state index in [0.717, 1.165) is 66.0 Å². The Kier molecular flexibility index (Phi) is 6.72. The molecule has 7 rings (SSSR count). The second kappa shape index (κ2) is 10.7. The van der Waals surface area contributed by atoms with Crippen molar-refractivity contribution >= 4 is 56.6 Å². The van der Waals surface area contributed by atoms with E-state index >= 15 is 0 Å². The molecular weight excluding hydrogens is 548 g/mol. The molecule has 1 saturated heterocycles. The molecule has 0 aliphatic carbocycles. The van der Waals surface area contributed by atoms with Crippen LogP contribution in [-0.2, 0) is 13.0 Å². The zero-order valence-electron chi connectivity index (χ0n) is 23.2. The van der Waals surface area contributed by atoms with Crippen LogP contribution in [0.3, 0.4) is 0 Å². The number of anilines is 5. The molecular formula is C32H30N6O3S. The normalized spacial score (nSPS) is 15.4. The highest BCUT2D eigenvalue weighted by Gasteiger charge is 2.34. The van der Waals surface area contributed by atoms with Gasteiger partial charge in [-0.15, -0.1) is 11.3 Å². The third kappa shape index (κ3) is 4.62. The zero-order valence-corrected chi connectivity index (χ0v) is 24.0. The Morgan fingerprint density at radius 2 is 1.76 bits per heavy atom. The molecule has 2 N–H and O–H groups in total. The van der Waals surface area contributed by atoms with Crippen molar-refractivity contribution in [1.82, 2.24) is 9.88 Å². The summed E-state index contributed by atoms with van der Waals surface area (Å²) >= 11 is 1.39. The summed E-state index contributed by atoms with van der Waals surface area (Å²) in [5.41, 5.74) is 5.75. The van der Waals surface area contributed by atoms with E-state index < -0.39 is 5.43 Å². The molecule has 4 heterocycles. The van der Waals surface area contributed by atoms with Gasteiger partial charge in [0.05, 0.1) is 11.2 Å². The smallest absolute Gasteiger partial charge is 0.267 e. The Balaban J connectivity index is 1.06. The first-order valence-electron chi connectivity index (χ1n) is 14.1. The minimum Gasteiger partial charge on any atom is -0.380 e. The molecule has 3 aromatic carbocycles. The number of amides is 1. The summed E-state index contributed by atoms with van der Waals surface area (Å²) in [5.74, 6) is -0.179. The summed E-state index contributed by atoms with van der Waals surface area (Å²) in [6.07, 6.45) is 2.53. The predicted molar refractivity (Wildman–Crippen MR) is 170 cm³/mol. The number of carbonyl (C=O) groups is 1. The predicted octanol–water partition coefficient (Wildman–Crippen LogP) is 4.20. The third-order valence-electron chi connectivity index (χ3n) is 8.26. The molecule has 1 amide bonds. The van der Waals surface area contributed by atoms with E-state index in [1.807, 2.05) is 58.8 Å². The summed E-state index contributed by atoms with van der Waals surface area (Å²) in [6, 6.07) is 17.7. The van der Waals surface area contributed by atoms with Crippen LogP contribution >= 0.6 is 11.3 Å². The number of nitrogens with one attached hydrogen (secondary N) is 2. The Morgan fingerprint density at radius 3 is 2.62 bits per heavy atom. The van der Waals surface area contributed by atoms with Crippen LogP contribution in [0.25, 0.3) is 10.9 Å². The number of thiophene rings is 1. The van der Waals surface area contributed by atoms with Crippen molar-refractivity contribution in [3.05, 3.63) is 103 Å². The van der Waals surface area contributed by atoms with E-state index in [0.29, 0.717) is 35.0 Å². The largest absolute Gasteiger partial charge is 0.380 e. The number of likely N-dealkylation sites (N-methyl/N-ethyl adjacent to an activating group) is 1. The number of pyridine rings is 1. The van der Waals surface area contributed by atoms with Crippen molar-refractivity contribution in [3.8, 4) is 0 Å². The van der Waals surface area contributed by atoms with Crippen molar-refractivity contribution in [2.75, 3.05) is 60.2 Å². The first-order valence-corrected chi connectivity index (χ1v) is 15.0. The molecule has 0 unspecified atom stereocenters.